The topological polar surface area (TPSA) is 0 Å². The molecule has 0 saturated heterocycles. The van der Waals surface area contributed by atoms with Gasteiger partial charge in [-0.1, -0.05) is 81.1 Å². The van der Waals surface area contributed by atoms with E-state index in [1.54, 1.807) is 0 Å². The number of hydrogen-bond donors (Lipinski definition) is 0. The minimum Gasteiger partial charge on any atom is -0.0628 e. The molecule has 0 aromatic rings. The van der Waals surface area contributed by atoms with Gasteiger partial charge in [0.15, 0.2) is 0 Å². The minimum absolute atomic E-state index is 0.572. The summed E-state index contributed by atoms with van der Waals surface area (Å²) < 4.78 is 0. The van der Waals surface area contributed by atoms with Crippen LogP contribution in [0.15, 0.2) is 0 Å². The molecule has 0 bridgehead atoms. The fourth-order valence-corrected chi connectivity index (χ4v) is 10.6. The highest BCUT2D eigenvalue weighted by Gasteiger charge is 2.66. The molecule has 0 nitrogen and oxygen atoms in total. The molecule has 0 heteroatoms. The smallest absolute Gasteiger partial charge is 0.0238 e. The highest BCUT2D eigenvalue weighted by atomic mass is 14.7. The molecule has 4 saturated carbocycles. The van der Waals surface area contributed by atoms with Crippen molar-refractivity contribution < 1.29 is 0 Å². The van der Waals surface area contributed by atoms with Gasteiger partial charge in [-0.2, -0.15) is 0 Å². The SMILES string of the molecule is CC(C)CCCC(C)[C@H]1CC[C@@]2(C)[C@@H]3CC[C@H]4C(C)(C)CCC[C@]4(C)[C@H]3CC[C@]12C. The van der Waals surface area contributed by atoms with Crippen molar-refractivity contribution in [2.45, 2.75) is 132 Å². The van der Waals surface area contributed by atoms with E-state index in [1.807, 2.05) is 0 Å². The van der Waals surface area contributed by atoms with Gasteiger partial charge >= 0.3 is 0 Å². The molecule has 4 aliphatic carbocycles. The molecule has 4 rings (SSSR count). The third-order valence-electron chi connectivity index (χ3n) is 12.4. The van der Waals surface area contributed by atoms with Crippen molar-refractivity contribution >= 4 is 0 Å². The van der Waals surface area contributed by atoms with Gasteiger partial charge in [0.05, 0.1) is 0 Å². The lowest BCUT2D eigenvalue weighted by Gasteiger charge is -2.67. The molecule has 8 atom stereocenters. The summed E-state index contributed by atoms with van der Waals surface area (Å²) in [6.45, 7) is 20.9. The Labute approximate surface area is 189 Å². The van der Waals surface area contributed by atoms with Crippen LogP contribution >= 0.6 is 0 Å². The molecule has 0 aromatic heterocycles. The van der Waals surface area contributed by atoms with Crippen molar-refractivity contribution in [2.24, 2.45) is 57.2 Å². The third-order valence-corrected chi connectivity index (χ3v) is 12.4. The molecular formula is C30H54. The Morgan fingerprint density at radius 1 is 0.700 bits per heavy atom. The van der Waals surface area contributed by atoms with E-state index in [1.165, 1.54) is 77.0 Å². The van der Waals surface area contributed by atoms with Gasteiger partial charge < -0.3 is 0 Å². The largest absolute Gasteiger partial charge is 0.0628 e. The van der Waals surface area contributed by atoms with E-state index < -0.39 is 0 Å². The Morgan fingerprint density at radius 2 is 1.40 bits per heavy atom. The summed E-state index contributed by atoms with van der Waals surface area (Å²) in [4.78, 5) is 0. The Balaban J connectivity index is 1.55. The van der Waals surface area contributed by atoms with Gasteiger partial charge in [-0.3, -0.25) is 0 Å². The van der Waals surface area contributed by atoms with Crippen molar-refractivity contribution in [1.82, 2.24) is 0 Å². The van der Waals surface area contributed by atoms with E-state index in [4.69, 9.17) is 0 Å². The zero-order valence-electron chi connectivity index (χ0n) is 21.9. The van der Waals surface area contributed by atoms with Gasteiger partial charge in [0.2, 0.25) is 0 Å². The number of fused-ring (bicyclic) bond motifs is 5. The molecular weight excluding hydrogens is 360 g/mol. The van der Waals surface area contributed by atoms with E-state index in [0.717, 1.165) is 35.5 Å². The molecule has 0 N–H and O–H groups in total. The first kappa shape index (κ1) is 23.2. The van der Waals surface area contributed by atoms with Crippen LogP contribution in [-0.2, 0) is 0 Å². The van der Waals surface area contributed by atoms with Crippen LogP contribution in [0.25, 0.3) is 0 Å². The van der Waals surface area contributed by atoms with E-state index in [9.17, 15) is 0 Å². The molecule has 0 aromatic carbocycles. The highest BCUT2D eigenvalue weighted by molar-refractivity contribution is 5.15. The van der Waals surface area contributed by atoms with E-state index in [2.05, 4.69) is 55.4 Å². The molecule has 174 valence electrons. The van der Waals surface area contributed by atoms with Crippen molar-refractivity contribution in [3.05, 3.63) is 0 Å². The van der Waals surface area contributed by atoms with E-state index >= 15 is 0 Å². The summed E-state index contributed by atoms with van der Waals surface area (Å²) >= 11 is 0. The highest BCUT2D eigenvalue weighted by Crippen LogP contribution is 2.74. The van der Waals surface area contributed by atoms with E-state index in [-0.39, 0.29) is 0 Å². The zero-order chi connectivity index (χ0) is 21.9. The lowest BCUT2D eigenvalue weighted by Crippen LogP contribution is -2.59. The van der Waals surface area contributed by atoms with Crippen LogP contribution in [0.5, 0.6) is 0 Å². The number of hydrogen-bond acceptors (Lipinski definition) is 0. The second-order valence-electron chi connectivity index (χ2n) is 14.5. The zero-order valence-corrected chi connectivity index (χ0v) is 21.9. The van der Waals surface area contributed by atoms with Crippen LogP contribution in [0, 0.1) is 57.2 Å². The van der Waals surface area contributed by atoms with Crippen molar-refractivity contribution in [3.8, 4) is 0 Å². The Kier molecular flexibility index (Phi) is 6.02. The van der Waals surface area contributed by atoms with Gasteiger partial charge in [0, 0.05) is 0 Å². The van der Waals surface area contributed by atoms with Crippen LogP contribution < -0.4 is 0 Å². The summed E-state index contributed by atoms with van der Waals surface area (Å²) in [6, 6.07) is 0. The van der Waals surface area contributed by atoms with Crippen LogP contribution in [0.3, 0.4) is 0 Å². The molecule has 0 spiro atoms. The molecule has 4 fully saturated rings. The molecule has 0 radical (unpaired) electrons. The van der Waals surface area contributed by atoms with E-state index in [0.29, 0.717) is 21.7 Å². The minimum atomic E-state index is 0.572. The predicted octanol–water partition coefficient (Wildman–Crippen LogP) is 9.52. The van der Waals surface area contributed by atoms with Gasteiger partial charge in [-0.25, -0.2) is 0 Å². The third kappa shape index (κ3) is 3.36. The maximum Gasteiger partial charge on any atom is -0.0238 e. The number of rotatable bonds is 5. The normalized spacial score (nSPS) is 48.7. The Morgan fingerprint density at radius 3 is 2.10 bits per heavy atom. The molecule has 4 aliphatic rings. The summed E-state index contributed by atoms with van der Waals surface area (Å²) in [5, 5.41) is 0. The lowest BCUT2D eigenvalue weighted by atomic mass is 9.38. The van der Waals surface area contributed by atoms with Crippen molar-refractivity contribution in [2.75, 3.05) is 0 Å². The first-order valence-electron chi connectivity index (χ1n) is 14.0. The fraction of sp³-hybridized carbons (Fsp3) is 1.00. The molecule has 1 unspecified atom stereocenters. The Hall–Kier alpha value is 0. The first-order chi connectivity index (χ1) is 14.0. The molecule has 30 heavy (non-hydrogen) atoms. The summed E-state index contributed by atoms with van der Waals surface area (Å²) in [5.41, 5.74) is 2.39. The maximum atomic E-state index is 2.78. The van der Waals surface area contributed by atoms with Crippen LogP contribution in [0.2, 0.25) is 0 Å². The predicted molar refractivity (Wildman–Crippen MR) is 131 cm³/mol. The molecule has 0 aliphatic heterocycles. The molecule has 0 heterocycles. The first-order valence-corrected chi connectivity index (χ1v) is 14.0. The van der Waals surface area contributed by atoms with Crippen LogP contribution in [0.4, 0.5) is 0 Å². The molecule has 0 amide bonds. The average molecular weight is 415 g/mol. The summed E-state index contributed by atoms with van der Waals surface area (Å²) in [7, 11) is 0. The quantitative estimate of drug-likeness (QED) is 0.420. The van der Waals surface area contributed by atoms with Gasteiger partial charge in [0.1, 0.15) is 0 Å². The maximum absolute atomic E-state index is 2.78. The summed E-state index contributed by atoms with van der Waals surface area (Å²) in [5.74, 6) is 5.74. The van der Waals surface area contributed by atoms with Crippen LogP contribution in [0.1, 0.15) is 132 Å². The average Bonchev–Trinajstić information content (AvgIpc) is 2.92. The standard InChI is InChI=1S/C30H54/c1-21(2)11-9-12-22(3)23-15-19-30(8)25-13-14-26-27(4,5)17-10-18-28(26,6)24(25)16-20-29(23,30)7/h21-26H,9-20H2,1-8H3/t22?,23-,24+,25-,26+,28-,29-,30+/m1/s1. The Bertz CT molecular complexity index is 616. The van der Waals surface area contributed by atoms with Gasteiger partial charge in [-0.05, 0) is 109 Å². The van der Waals surface area contributed by atoms with Crippen molar-refractivity contribution in [1.29, 1.82) is 0 Å². The van der Waals surface area contributed by atoms with Gasteiger partial charge in [-0.15, -0.1) is 0 Å². The summed E-state index contributed by atoms with van der Waals surface area (Å²) in [6.07, 6.45) is 18.0. The lowest BCUT2D eigenvalue weighted by molar-refractivity contribution is -0.179. The fourth-order valence-electron chi connectivity index (χ4n) is 10.6. The van der Waals surface area contributed by atoms with Crippen LogP contribution in [-0.4, -0.2) is 0 Å². The van der Waals surface area contributed by atoms with Crippen molar-refractivity contribution in [3.63, 3.8) is 0 Å². The second-order valence-corrected chi connectivity index (χ2v) is 14.5. The monoisotopic (exact) mass is 414 g/mol. The van der Waals surface area contributed by atoms with Gasteiger partial charge in [0.25, 0.3) is 0 Å². The second kappa shape index (κ2) is 7.80.